The van der Waals surface area contributed by atoms with Crippen molar-refractivity contribution in [2.24, 2.45) is 0 Å². The number of carbonyl (C=O) groups is 1. The minimum atomic E-state index is -4.51. The molecule has 0 spiro atoms. The lowest BCUT2D eigenvalue weighted by molar-refractivity contribution is -0.137. The Morgan fingerprint density at radius 2 is 1.83 bits per heavy atom. The summed E-state index contributed by atoms with van der Waals surface area (Å²) in [6.07, 6.45) is -3.97. The monoisotopic (exact) mass is 514 g/mol. The van der Waals surface area contributed by atoms with Crippen molar-refractivity contribution < 1.29 is 27.4 Å². The molecule has 1 unspecified atom stereocenters. The number of H-pyrrole nitrogens is 1. The zero-order chi connectivity index (χ0) is 25.4. The molecule has 0 aliphatic carbocycles. The number of rotatable bonds is 5. The molecule has 1 aliphatic rings. The Hall–Kier alpha value is -3.65. The summed E-state index contributed by atoms with van der Waals surface area (Å²) in [6.45, 7) is 0.0569. The molecular weight excluding hydrogens is 493 g/mol. The van der Waals surface area contributed by atoms with Crippen molar-refractivity contribution in [1.29, 1.82) is 0 Å². The zero-order valence-electron chi connectivity index (χ0n) is 19.2. The number of fused-ring (bicyclic) bond motifs is 3. The maximum atomic E-state index is 13.5. The van der Waals surface area contributed by atoms with Crippen LogP contribution in [0.1, 0.15) is 28.4 Å². The highest BCUT2D eigenvalue weighted by Gasteiger charge is 2.37. The van der Waals surface area contributed by atoms with Gasteiger partial charge in [0, 0.05) is 28.2 Å². The van der Waals surface area contributed by atoms with Gasteiger partial charge in [0.1, 0.15) is 11.5 Å². The number of nitrogens with one attached hydrogen (secondary N) is 1. The van der Waals surface area contributed by atoms with E-state index in [1.165, 1.54) is 6.07 Å². The number of amides is 1. The summed E-state index contributed by atoms with van der Waals surface area (Å²) in [7, 11) is 1.58. The van der Waals surface area contributed by atoms with Crippen molar-refractivity contribution in [3.8, 4) is 11.5 Å². The number of aromatic nitrogens is 1. The van der Waals surface area contributed by atoms with E-state index >= 15 is 0 Å². The summed E-state index contributed by atoms with van der Waals surface area (Å²) < 4.78 is 51.6. The predicted molar refractivity (Wildman–Crippen MR) is 131 cm³/mol. The number of halogens is 4. The van der Waals surface area contributed by atoms with Crippen molar-refractivity contribution in [2.45, 2.75) is 18.6 Å². The average Bonchev–Trinajstić information content (AvgIpc) is 3.25. The Kier molecular flexibility index (Phi) is 6.30. The van der Waals surface area contributed by atoms with Gasteiger partial charge in [-0.2, -0.15) is 13.2 Å². The van der Waals surface area contributed by atoms with Crippen LogP contribution in [0.4, 0.5) is 13.2 Å². The minimum absolute atomic E-state index is 0.263. The van der Waals surface area contributed by atoms with Crippen molar-refractivity contribution in [3.05, 3.63) is 94.1 Å². The lowest BCUT2D eigenvalue weighted by Crippen LogP contribution is -2.43. The summed E-state index contributed by atoms with van der Waals surface area (Å²) in [4.78, 5) is 18.3. The van der Waals surface area contributed by atoms with E-state index in [0.717, 1.165) is 28.6 Å². The van der Waals surface area contributed by atoms with Crippen molar-refractivity contribution in [2.75, 3.05) is 20.3 Å². The molecule has 186 valence electrons. The SMILES string of the molecule is COc1ccc2[nH]c3c(c2c1)CCN(C(=O)COc1ccc(Cl)cc1)C3c1cccc(C(F)(F)F)c1. The zero-order valence-corrected chi connectivity index (χ0v) is 20.0. The molecule has 0 saturated heterocycles. The molecule has 4 aromatic rings. The van der Waals surface area contributed by atoms with Gasteiger partial charge in [0.2, 0.25) is 0 Å². The number of aromatic amines is 1. The van der Waals surface area contributed by atoms with Crippen LogP contribution in [0, 0.1) is 0 Å². The summed E-state index contributed by atoms with van der Waals surface area (Å²) in [5.41, 5.74) is 2.06. The fourth-order valence-electron chi connectivity index (χ4n) is 4.65. The molecule has 36 heavy (non-hydrogen) atoms. The third-order valence-corrected chi connectivity index (χ3v) is 6.61. The molecule has 1 aromatic heterocycles. The minimum Gasteiger partial charge on any atom is -0.497 e. The highest BCUT2D eigenvalue weighted by molar-refractivity contribution is 6.30. The van der Waals surface area contributed by atoms with Gasteiger partial charge in [0.05, 0.1) is 18.7 Å². The van der Waals surface area contributed by atoms with Crippen LogP contribution in [-0.2, 0) is 17.4 Å². The fourth-order valence-corrected chi connectivity index (χ4v) is 4.78. The normalized spacial score (nSPS) is 15.6. The van der Waals surface area contributed by atoms with E-state index in [0.29, 0.717) is 40.7 Å². The van der Waals surface area contributed by atoms with Crippen LogP contribution in [0.15, 0.2) is 66.7 Å². The first-order valence-corrected chi connectivity index (χ1v) is 11.7. The largest absolute Gasteiger partial charge is 0.497 e. The molecule has 1 amide bonds. The van der Waals surface area contributed by atoms with Crippen LogP contribution in [0.3, 0.4) is 0 Å². The molecule has 3 aromatic carbocycles. The van der Waals surface area contributed by atoms with Gasteiger partial charge in [-0.1, -0.05) is 23.7 Å². The summed E-state index contributed by atoms with van der Waals surface area (Å²) in [6, 6.07) is 16.6. The van der Waals surface area contributed by atoms with Crippen LogP contribution < -0.4 is 9.47 Å². The lowest BCUT2D eigenvalue weighted by atomic mass is 9.91. The lowest BCUT2D eigenvalue weighted by Gasteiger charge is -2.36. The van der Waals surface area contributed by atoms with Gasteiger partial charge in [0.15, 0.2) is 6.61 Å². The number of methoxy groups -OCH3 is 1. The Morgan fingerprint density at radius 1 is 1.08 bits per heavy atom. The van der Waals surface area contributed by atoms with Crippen LogP contribution in [0.25, 0.3) is 10.9 Å². The standard InChI is InChI=1S/C27H22ClF3N2O3/c1-35-20-9-10-23-22(14-20)21-11-12-33(24(34)15-36-19-7-5-18(28)6-8-19)26(25(21)32-23)16-3-2-4-17(13-16)27(29,30)31/h2-10,13-14,26,32H,11-12,15H2,1H3. The Bertz CT molecular complexity index is 1420. The van der Waals surface area contributed by atoms with Crippen LogP contribution >= 0.6 is 11.6 Å². The second kappa shape index (κ2) is 9.43. The van der Waals surface area contributed by atoms with E-state index in [1.807, 2.05) is 18.2 Å². The van der Waals surface area contributed by atoms with E-state index in [9.17, 15) is 18.0 Å². The van der Waals surface area contributed by atoms with E-state index in [2.05, 4.69) is 4.98 Å². The molecule has 1 atom stereocenters. The van der Waals surface area contributed by atoms with Crippen LogP contribution in [0.2, 0.25) is 5.02 Å². The third-order valence-electron chi connectivity index (χ3n) is 6.36. The number of nitrogens with zero attached hydrogens (tertiary/aromatic N) is 1. The van der Waals surface area contributed by atoms with Gasteiger partial charge >= 0.3 is 6.18 Å². The highest BCUT2D eigenvalue weighted by Crippen LogP contribution is 2.41. The number of hydrogen-bond acceptors (Lipinski definition) is 3. The molecule has 0 saturated carbocycles. The van der Waals surface area contributed by atoms with Gasteiger partial charge < -0.3 is 19.4 Å². The van der Waals surface area contributed by atoms with Gasteiger partial charge in [0.25, 0.3) is 5.91 Å². The van der Waals surface area contributed by atoms with Crippen LogP contribution in [0.5, 0.6) is 11.5 Å². The Morgan fingerprint density at radius 3 is 2.56 bits per heavy atom. The third kappa shape index (κ3) is 4.60. The smallest absolute Gasteiger partial charge is 0.416 e. The summed E-state index contributed by atoms with van der Waals surface area (Å²) in [5.74, 6) is 0.808. The molecule has 1 N–H and O–H groups in total. The van der Waals surface area contributed by atoms with E-state index in [4.69, 9.17) is 21.1 Å². The van der Waals surface area contributed by atoms with Gasteiger partial charge in [-0.05, 0) is 72.1 Å². The second-order valence-electron chi connectivity index (χ2n) is 8.53. The molecule has 0 radical (unpaired) electrons. The molecule has 1 aliphatic heterocycles. The fraction of sp³-hybridized carbons (Fsp3) is 0.222. The summed E-state index contributed by atoms with van der Waals surface area (Å²) >= 11 is 5.91. The van der Waals surface area contributed by atoms with Gasteiger partial charge in [-0.15, -0.1) is 0 Å². The first-order chi connectivity index (χ1) is 17.2. The first kappa shape index (κ1) is 24.1. The van der Waals surface area contributed by atoms with Gasteiger partial charge in [-0.25, -0.2) is 0 Å². The predicted octanol–water partition coefficient (Wildman–Crippen LogP) is 6.40. The quantitative estimate of drug-likeness (QED) is 0.335. The Labute approximate surface area is 210 Å². The number of carbonyl (C=O) groups excluding carboxylic acids is 1. The maximum Gasteiger partial charge on any atom is 0.416 e. The van der Waals surface area contributed by atoms with Gasteiger partial charge in [-0.3, -0.25) is 4.79 Å². The van der Waals surface area contributed by atoms with E-state index in [1.54, 1.807) is 42.3 Å². The Balaban J connectivity index is 1.55. The molecule has 0 bridgehead atoms. The molecule has 5 rings (SSSR count). The average molecular weight is 515 g/mol. The van der Waals surface area contributed by atoms with Crippen molar-refractivity contribution in [1.82, 2.24) is 9.88 Å². The number of alkyl halides is 3. The number of hydrogen-bond donors (Lipinski definition) is 1. The second-order valence-corrected chi connectivity index (χ2v) is 8.97. The molecule has 5 nitrogen and oxygen atoms in total. The molecule has 9 heteroatoms. The maximum absolute atomic E-state index is 13.5. The molecule has 2 heterocycles. The molecular formula is C27H22ClF3N2O3. The van der Waals surface area contributed by atoms with E-state index < -0.39 is 17.8 Å². The van der Waals surface area contributed by atoms with E-state index in [-0.39, 0.29) is 12.5 Å². The number of benzene rings is 3. The highest BCUT2D eigenvalue weighted by atomic mass is 35.5. The first-order valence-electron chi connectivity index (χ1n) is 11.3. The number of ether oxygens (including phenoxy) is 2. The molecule has 0 fully saturated rings. The summed E-state index contributed by atoms with van der Waals surface area (Å²) in [5, 5.41) is 1.46. The van der Waals surface area contributed by atoms with Crippen molar-refractivity contribution in [3.63, 3.8) is 0 Å². The topological polar surface area (TPSA) is 54.6 Å². The van der Waals surface area contributed by atoms with Crippen molar-refractivity contribution >= 4 is 28.4 Å². The van der Waals surface area contributed by atoms with Crippen LogP contribution in [-0.4, -0.2) is 36.1 Å².